The van der Waals surface area contributed by atoms with E-state index in [0.717, 1.165) is 0 Å². The van der Waals surface area contributed by atoms with Crippen molar-refractivity contribution in [3.8, 4) is 0 Å². The lowest BCUT2D eigenvalue weighted by molar-refractivity contribution is 0.589. The molecule has 0 aromatic rings. The third-order valence-corrected chi connectivity index (χ3v) is 2.08. The Morgan fingerprint density at radius 3 is 2.25 bits per heavy atom. The highest BCUT2D eigenvalue weighted by Gasteiger charge is 2.01. The average molecular weight is 136 g/mol. The summed E-state index contributed by atoms with van der Waals surface area (Å²) in [7, 11) is 0.00734. The first-order valence-electron chi connectivity index (χ1n) is 2.39. The molecule has 0 atom stereocenters. The van der Waals surface area contributed by atoms with Crippen molar-refractivity contribution in [1.82, 2.24) is 4.72 Å². The second-order valence-corrected chi connectivity index (χ2v) is 3.39. The highest BCUT2D eigenvalue weighted by Crippen LogP contribution is 1.84. The fourth-order valence-corrected chi connectivity index (χ4v) is 1.02. The molecule has 0 spiro atoms. The minimum absolute atomic E-state index is 0.163. The summed E-state index contributed by atoms with van der Waals surface area (Å²) in [6.07, 6.45) is 0.630. The van der Waals surface area contributed by atoms with Gasteiger partial charge in [0.05, 0.1) is 5.75 Å². The van der Waals surface area contributed by atoms with Crippen LogP contribution in [0.15, 0.2) is 0 Å². The van der Waals surface area contributed by atoms with Crippen LogP contribution in [0.2, 0.25) is 0 Å². The van der Waals surface area contributed by atoms with E-state index in [4.69, 9.17) is 0 Å². The molecule has 1 N–H and O–H groups in total. The van der Waals surface area contributed by atoms with Gasteiger partial charge < -0.3 is 0 Å². The predicted octanol–water partition coefficient (Wildman–Crippen LogP) is 0.107. The minimum atomic E-state index is -3.03. The summed E-state index contributed by atoms with van der Waals surface area (Å²) in [6.45, 7) is 1.80. The predicted molar refractivity (Wildman–Crippen MR) is 32.6 cm³/mol. The zero-order valence-electron chi connectivity index (χ0n) is 4.85. The largest absolute Gasteiger partial charge is 0.214 e. The maximum Gasteiger partial charge on any atom is 0.211 e. The number of hydrogen-bond donors (Lipinski definition) is 1. The van der Waals surface area contributed by atoms with Gasteiger partial charge in [-0.25, -0.2) is 13.1 Å². The molecule has 0 saturated carbocycles. The van der Waals surface area contributed by atoms with Gasteiger partial charge in [-0.15, -0.1) is 0 Å². The van der Waals surface area contributed by atoms with Gasteiger partial charge in [0, 0.05) is 7.05 Å². The smallest absolute Gasteiger partial charge is 0.211 e. The van der Waals surface area contributed by atoms with Crippen molar-refractivity contribution >= 4 is 10.0 Å². The van der Waals surface area contributed by atoms with Crippen molar-refractivity contribution in [2.45, 2.75) is 13.3 Å². The van der Waals surface area contributed by atoms with Gasteiger partial charge in [-0.1, -0.05) is 6.92 Å². The number of rotatable bonds is 3. The molecule has 0 amide bonds. The van der Waals surface area contributed by atoms with Crippen LogP contribution in [0.3, 0.4) is 0 Å². The van der Waals surface area contributed by atoms with Crippen LogP contribution in [0.1, 0.15) is 13.3 Å². The van der Waals surface area contributed by atoms with Crippen molar-refractivity contribution in [1.29, 1.82) is 0 Å². The van der Waals surface area contributed by atoms with Crippen LogP contribution in [-0.2, 0) is 10.0 Å². The van der Waals surface area contributed by atoms with Crippen LogP contribution in [0, 0.1) is 7.05 Å². The molecule has 0 aliphatic rings. The van der Waals surface area contributed by atoms with Crippen LogP contribution in [-0.4, -0.2) is 14.2 Å². The van der Waals surface area contributed by atoms with Crippen molar-refractivity contribution in [2.75, 3.05) is 5.75 Å². The van der Waals surface area contributed by atoms with Crippen LogP contribution in [0.5, 0.6) is 0 Å². The standard InChI is InChI=1S/C4H10NO2S/c1-3-4-8(6,7)5-2/h5H,2-4H2,1H3. The number of nitrogens with one attached hydrogen (secondary N) is 1. The van der Waals surface area contributed by atoms with E-state index in [1.165, 1.54) is 0 Å². The summed E-state index contributed by atoms with van der Waals surface area (Å²) < 4.78 is 22.8. The fourth-order valence-electron chi connectivity index (χ4n) is 0.341. The Kier molecular flexibility index (Phi) is 3.01. The Labute approximate surface area is 50.1 Å². The molecule has 8 heavy (non-hydrogen) atoms. The Morgan fingerprint density at radius 1 is 1.62 bits per heavy atom. The summed E-state index contributed by atoms with van der Waals surface area (Å²) in [5, 5.41) is 0. The van der Waals surface area contributed by atoms with Gasteiger partial charge in [-0.05, 0) is 6.42 Å². The summed E-state index contributed by atoms with van der Waals surface area (Å²) in [4.78, 5) is 0. The normalized spacial score (nSPS) is 11.8. The zero-order chi connectivity index (χ0) is 6.62. The highest BCUT2D eigenvalue weighted by atomic mass is 32.2. The lowest BCUT2D eigenvalue weighted by Gasteiger charge is -1.95. The van der Waals surface area contributed by atoms with E-state index in [0.29, 0.717) is 6.42 Å². The Hall–Kier alpha value is -0.0900. The molecule has 0 bridgehead atoms. The first-order chi connectivity index (χ1) is 3.62. The van der Waals surface area contributed by atoms with Crippen molar-refractivity contribution in [2.24, 2.45) is 0 Å². The van der Waals surface area contributed by atoms with Crippen LogP contribution < -0.4 is 4.72 Å². The van der Waals surface area contributed by atoms with E-state index in [9.17, 15) is 8.42 Å². The molecule has 0 unspecified atom stereocenters. The Bertz CT molecular complexity index is 138. The molecule has 0 saturated heterocycles. The summed E-state index contributed by atoms with van der Waals surface area (Å²) in [5.41, 5.74) is 0. The van der Waals surface area contributed by atoms with Crippen molar-refractivity contribution < 1.29 is 8.42 Å². The van der Waals surface area contributed by atoms with Crippen LogP contribution >= 0.6 is 0 Å². The third-order valence-electron chi connectivity index (χ3n) is 0.693. The summed E-state index contributed by atoms with van der Waals surface area (Å²) in [5.74, 6) is 0.163. The van der Waals surface area contributed by atoms with E-state index in [1.54, 1.807) is 6.92 Å². The summed E-state index contributed by atoms with van der Waals surface area (Å²) >= 11 is 0. The second-order valence-electron chi connectivity index (χ2n) is 1.46. The Balaban J connectivity index is 3.76. The van der Waals surface area contributed by atoms with Gasteiger partial charge in [0.15, 0.2) is 0 Å². The fraction of sp³-hybridized carbons (Fsp3) is 0.750. The highest BCUT2D eigenvalue weighted by molar-refractivity contribution is 7.89. The van der Waals surface area contributed by atoms with E-state index in [2.05, 4.69) is 7.05 Å². The zero-order valence-corrected chi connectivity index (χ0v) is 5.66. The molecule has 1 radical (unpaired) electrons. The van der Waals surface area contributed by atoms with Crippen LogP contribution in [0.4, 0.5) is 0 Å². The topological polar surface area (TPSA) is 46.2 Å². The van der Waals surface area contributed by atoms with E-state index in [1.807, 2.05) is 4.72 Å². The Morgan fingerprint density at radius 2 is 2.12 bits per heavy atom. The quantitative estimate of drug-likeness (QED) is 0.598. The molecule has 0 aromatic heterocycles. The average Bonchev–Trinajstić information content (AvgIpc) is 1.67. The SMILES string of the molecule is [CH2]NS(=O)(=O)CCC. The lowest BCUT2D eigenvalue weighted by atomic mass is 10.6. The van der Waals surface area contributed by atoms with Gasteiger partial charge in [-0.2, -0.15) is 0 Å². The molecule has 0 aliphatic heterocycles. The van der Waals surface area contributed by atoms with Gasteiger partial charge in [0.2, 0.25) is 10.0 Å². The minimum Gasteiger partial charge on any atom is -0.214 e. The van der Waals surface area contributed by atoms with Crippen molar-refractivity contribution in [3.05, 3.63) is 7.05 Å². The molecule has 4 heteroatoms. The molecule has 0 heterocycles. The molecule has 49 valence electrons. The van der Waals surface area contributed by atoms with Crippen LogP contribution in [0.25, 0.3) is 0 Å². The number of sulfonamides is 1. The third kappa shape index (κ3) is 2.98. The maximum atomic E-state index is 10.4. The molecule has 0 fully saturated rings. The first kappa shape index (κ1) is 7.91. The molecular formula is C4H10NO2S. The molecule has 0 aromatic carbocycles. The molecular weight excluding hydrogens is 126 g/mol. The molecule has 0 aliphatic carbocycles. The summed E-state index contributed by atoms with van der Waals surface area (Å²) in [6, 6.07) is 0. The van der Waals surface area contributed by atoms with E-state index in [-0.39, 0.29) is 5.75 Å². The first-order valence-corrected chi connectivity index (χ1v) is 4.04. The van der Waals surface area contributed by atoms with Gasteiger partial charge in [0.25, 0.3) is 0 Å². The van der Waals surface area contributed by atoms with Crippen molar-refractivity contribution in [3.63, 3.8) is 0 Å². The van der Waals surface area contributed by atoms with E-state index >= 15 is 0 Å². The second kappa shape index (κ2) is 3.04. The van der Waals surface area contributed by atoms with E-state index < -0.39 is 10.0 Å². The maximum absolute atomic E-state index is 10.4. The lowest BCUT2D eigenvalue weighted by Crippen LogP contribution is -2.19. The molecule has 0 rings (SSSR count). The monoisotopic (exact) mass is 136 g/mol. The van der Waals surface area contributed by atoms with Gasteiger partial charge >= 0.3 is 0 Å². The molecule has 3 nitrogen and oxygen atoms in total. The van der Waals surface area contributed by atoms with Gasteiger partial charge in [-0.3, -0.25) is 0 Å². The number of hydrogen-bond acceptors (Lipinski definition) is 2. The van der Waals surface area contributed by atoms with Gasteiger partial charge in [0.1, 0.15) is 0 Å².